The van der Waals surface area contributed by atoms with Crippen molar-refractivity contribution in [1.29, 1.82) is 0 Å². The van der Waals surface area contributed by atoms with Crippen LogP contribution in [-0.2, 0) is 4.79 Å². The third-order valence-corrected chi connectivity index (χ3v) is 3.81. The van der Waals surface area contributed by atoms with Crippen molar-refractivity contribution in [3.63, 3.8) is 0 Å². The second-order valence-electron chi connectivity index (χ2n) is 4.52. The summed E-state index contributed by atoms with van der Waals surface area (Å²) >= 11 is 2.21. The summed E-state index contributed by atoms with van der Waals surface area (Å²) in [6, 6.07) is 14.7. The van der Waals surface area contributed by atoms with Crippen LogP contribution in [0.1, 0.15) is 17.3 Å². The number of ketones is 1. The molecule has 0 atom stereocenters. The molecule has 0 aliphatic heterocycles. The molecule has 2 N–H and O–H groups in total. The van der Waals surface area contributed by atoms with Crippen LogP contribution >= 0.6 is 22.6 Å². The summed E-state index contributed by atoms with van der Waals surface area (Å²) in [6.07, 6.45) is 0. The number of hydrogen-bond acceptors (Lipinski definition) is 3. The molecular weight excluding hydrogens is 379 g/mol. The lowest BCUT2D eigenvalue weighted by molar-refractivity contribution is -0.114. The van der Waals surface area contributed by atoms with Crippen molar-refractivity contribution in [2.45, 2.75) is 6.92 Å². The van der Waals surface area contributed by atoms with Crippen LogP contribution in [0.25, 0.3) is 0 Å². The molecule has 2 aromatic rings. The van der Waals surface area contributed by atoms with Crippen LogP contribution in [0.2, 0.25) is 0 Å². The highest BCUT2D eigenvalue weighted by Crippen LogP contribution is 2.16. The largest absolute Gasteiger partial charge is 0.375 e. The molecule has 21 heavy (non-hydrogen) atoms. The van der Waals surface area contributed by atoms with Gasteiger partial charge in [-0.25, -0.2) is 0 Å². The average Bonchev–Trinajstić information content (AvgIpc) is 2.46. The first-order valence-corrected chi connectivity index (χ1v) is 7.53. The third-order valence-electron chi connectivity index (χ3n) is 2.87. The topological polar surface area (TPSA) is 58.2 Å². The molecule has 0 aliphatic rings. The Kier molecular flexibility index (Phi) is 5.32. The van der Waals surface area contributed by atoms with Gasteiger partial charge >= 0.3 is 0 Å². The van der Waals surface area contributed by atoms with E-state index in [4.69, 9.17) is 0 Å². The fourth-order valence-electron chi connectivity index (χ4n) is 1.80. The predicted molar refractivity (Wildman–Crippen MR) is 92.7 cm³/mol. The molecular formula is C16H15IN2O2. The summed E-state index contributed by atoms with van der Waals surface area (Å²) in [5, 5.41) is 5.85. The maximum Gasteiger partial charge on any atom is 0.243 e. The van der Waals surface area contributed by atoms with Crippen molar-refractivity contribution in [3.05, 3.63) is 57.7 Å². The second kappa shape index (κ2) is 7.21. The van der Waals surface area contributed by atoms with E-state index in [0.29, 0.717) is 11.3 Å². The van der Waals surface area contributed by atoms with Crippen molar-refractivity contribution in [1.82, 2.24) is 0 Å². The average molecular weight is 394 g/mol. The molecule has 0 radical (unpaired) electrons. The Hall–Kier alpha value is -1.89. The van der Waals surface area contributed by atoms with Crippen LogP contribution in [0.15, 0.2) is 48.5 Å². The Morgan fingerprint density at radius 3 is 2.57 bits per heavy atom. The first-order chi connectivity index (χ1) is 10.1. The number of amides is 1. The van der Waals surface area contributed by atoms with E-state index >= 15 is 0 Å². The number of rotatable bonds is 5. The lowest BCUT2D eigenvalue weighted by Gasteiger charge is -2.09. The van der Waals surface area contributed by atoms with Gasteiger partial charge in [-0.3, -0.25) is 9.59 Å². The molecule has 108 valence electrons. The maximum atomic E-state index is 11.9. The molecule has 4 nitrogen and oxygen atoms in total. The van der Waals surface area contributed by atoms with Gasteiger partial charge in [0.25, 0.3) is 0 Å². The smallest absolute Gasteiger partial charge is 0.243 e. The standard InChI is InChI=1S/C16H15IN2O2/c1-11(20)12-5-4-6-13(9-12)19-16(21)10-18-15-8-3-2-7-14(15)17/h2-9,18H,10H2,1H3,(H,19,21). The molecule has 0 saturated carbocycles. The van der Waals surface area contributed by atoms with Gasteiger partial charge in [-0.1, -0.05) is 24.3 Å². The number of hydrogen-bond donors (Lipinski definition) is 2. The lowest BCUT2D eigenvalue weighted by atomic mass is 10.1. The Morgan fingerprint density at radius 2 is 1.86 bits per heavy atom. The van der Waals surface area contributed by atoms with Crippen LogP contribution in [0.3, 0.4) is 0 Å². The van der Waals surface area contributed by atoms with Gasteiger partial charge in [0.2, 0.25) is 5.91 Å². The van der Waals surface area contributed by atoms with Crippen LogP contribution in [-0.4, -0.2) is 18.2 Å². The minimum atomic E-state index is -0.157. The molecule has 0 saturated heterocycles. The van der Waals surface area contributed by atoms with Crippen LogP contribution < -0.4 is 10.6 Å². The minimum Gasteiger partial charge on any atom is -0.375 e. The van der Waals surface area contributed by atoms with Gasteiger partial charge in [-0.05, 0) is 53.8 Å². The Labute approximate surface area is 137 Å². The Bertz CT molecular complexity index is 671. The van der Waals surface area contributed by atoms with Gasteiger partial charge in [0.05, 0.1) is 6.54 Å². The van der Waals surface area contributed by atoms with E-state index in [0.717, 1.165) is 9.26 Å². The molecule has 0 fully saturated rings. The second-order valence-corrected chi connectivity index (χ2v) is 5.68. The molecule has 0 aliphatic carbocycles. The molecule has 2 rings (SSSR count). The van der Waals surface area contributed by atoms with Crippen LogP contribution in [0, 0.1) is 3.57 Å². The van der Waals surface area contributed by atoms with Crippen LogP contribution in [0.5, 0.6) is 0 Å². The molecule has 0 bridgehead atoms. The van der Waals surface area contributed by atoms with Gasteiger partial charge in [0.1, 0.15) is 0 Å². The van der Waals surface area contributed by atoms with E-state index < -0.39 is 0 Å². The zero-order valence-corrected chi connectivity index (χ0v) is 13.7. The molecule has 1 amide bonds. The minimum absolute atomic E-state index is 0.0249. The van der Waals surface area contributed by atoms with E-state index in [1.807, 2.05) is 24.3 Å². The molecule has 5 heteroatoms. The van der Waals surface area contributed by atoms with E-state index in [9.17, 15) is 9.59 Å². The first kappa shape index (κ1) is 15.5. The highest BCUT2D eigenvalue weighted by atomic mass is 127. The number of carbonyl (C=O) groups is 2. The molecule has 2 aromatic carbocycles. The fourth-order valence-corrected chi connectivity index (χ4v) is 2.38. The normalized spacial score (nSPS) is 10.0. The molecule has 0 spiro atoms. The van der Waals surface area contributed by atoms with Gasteiger partial charge in [0.15, 0.2) is 5.78 Å². The van der Waals surface area contributed by atoms with E-state index in [1.165, 1.54) is 6.92 Å². The summed E-state index contributed by atoms with van der Waals surface area (Å²) in [7, 11) is 0. The monoisotopic (exact) mass is 394 g/mol. The van der Waals surface area contributed by atoms with Crippen molar-refractivity contribution >= 4 is 45.7 Å². The van der Waals surface area contributed by atoms with E-state index in [2.05, 4.69) is 33.2 Å². The van der Waals surface area contributed by atoms with E-state index in [1.54, 1.807) is 24.3 Å². The zero-order chi connectivity index (χ0) is 15.2. The van der Waals surface area contributed by atoms with Gasteiger partial charge < -0.3 is 10.6 Å². The summed E-state index contributed by atoms with van der Waals surface area (Å²) in [4.78, 5) is 23.2. The number of carbonyl (C=O) groups excluding carboxylic acids is 2. The maximum absolute atomic E-state index is 11.9. The number of benzene rings is 2. The number of nitrogens with one attached hydrogen (secondary N) is 2. The lowest BCUT2D eigenvalue weighted by Crippen LogP contribution is -2.22. The van der Waals surface area contributed by atoms with Crippen LogP contribution in [0.4, 0.5) is 11.4 Å². The Balaban J connectivity index is 1.95. The summed E-state index contributed by atoms with van der Waals surface area (Å²) < 4.78 is 1.06. The van der Waals surface area contributed by atoms with E-state index in [-0.39, 0.29) is 18.2 Å². The van der Waals surface area contributed by atoms with Gasteiger partial charge in [-0.15, -0.1) is 0 Å². The summed E-state index contributed by atoms with van der Waals surface area (Å²) in [5.41, 5.74) is 2.13. The third kappa shape index (κ3) is 4.56. The quantitative estimate of drug-likeness (QED) is 0.603. The van der Waals surface area contributed by atoms with Crippen molar-refractivity contribution in [2.24, 2.45) is 0 Å². The molecule has 0 aromatic heterocycles. The Morgan fingerprint density at radius 1 is 1.10 bits per heavy atom. The van der Waals surface area contributed by atoms with Crippen molar-refractivity contribution in [3.8, 4) is 0 Å². The summed E-state index contributed by atoms with van der Waals surface area (Å²) in [5.74, 6) is -0.182. The number of Topliss-reactive ketones (excluding diaryl/α,β-unsaturated/α-hetero) is 1. The number of para-hydroxylation sites is 1. The highest BCUT2D eigenvalue weighted by Gasteiger charge is 2.05. The fraction of sp³-hybridized carbons (Fsp3) is 0.125. The highest BCUT2D eigenvalue weighted by molar-refractivity contribution is 14.1. The van der Waals surface area contributed by atoms with Gasteiger partial charge in [-0.2, -0.15) is 0 Å². The zero-order valence-electron chi connectivity index (χ0n) is 11.5. The molecule has 0 heterocycles. The van der Waals surface area contributed by atoms with Crippen molar-refractivity contribution in [2.75, 3.05) is 17.2 Å². The SMILES string of the molecule is CC(=O)c1cccc(NC(=O)CNc2ccccc2I)c1. The first-order valence-electron chi connectivity index (χ1n) is 6.45. The number of halogens is 1. The number of anilines is 2. The van der Waals surface area contributed by atoms with Crippen molar-refractivity contribution < 1.29 is 9.59 Å². The molecule has 0 unspecified atom stereocenters. The van der Waals surface area contributed by atoms with Gasteiger partial charge in [0, 0.05) is 20.5 Å². The summed E-state index contributed by atoms with van der Waals surface area (Å²) in [6.45, 7) is 1.67. The predicted octanol–water partition coefficient (Wildman–Crippen LogP) is 3.54.